The smallest absolute Gasteiger partial charge is 0.183 e. The molecule has 1 heterocycles. The molecule has 0 aliphatic rings. The summed E-state index contributed by atoms with van der Waals surface area (Å²) in [5.41, 5.74) is 6.58. The first-order valence-electron chi connectivity index (χ1n) is 5.04. The van der Waals surface area contributed by atoms with Gasteiger partial charge in [0.2, 0.25) is 0 Å². The largest absolute Gasteiger partial charge is 0.397 e. The highest BCUT2D eigenvalue weighted by Crippen LogP contribution is 2.24. The molecule has 0 saturated carbocycles. The van der Waals surface area contributed by atoms with Crippen molar-refractivity contribution in [1.29, 1.82) is 0 Å². The van der Waals surface area contributed by atoms with Crippen LogP contribution in [0.2, 0.25) is 0 Å². The molecule has 0 saturated heterocycles. The quantitative estimate of drug-likeness (QED) is 0.804. The van der Waals surface area contributed by atoms with Gasteiger partial charge in [0.25, 0.3) is 0 Å². The third-order valence-electron chi connectivity index (χ3n) is 2.32. The minimum atomic E-state index is -0.964. The highest BCUT2D eigenvalue weighted by molar-refractivity contribution is 5.66. The second-order valence-electron chi connectivity index (χ2n) is 3.54. The third kappa shape index (κ3) is 2.50. The number of hydrogen-bond acceptors (Lipinski definition) is 3. The Morgan fingerprint density at radius 2 is 2.06 bits per heavy atom. The van der Waals surface area contributed by atoms with Crippen LogP contribution >= 0.6 is 0 Å². The molecule has 0 bridgehead atoms. The number of aromatic nitrogens is 1. The molecule has 0 aliphatic heterocycles. The Morgan fingerprint density at radius 3 is 2.76 bits per heavy atom. The van der Waals surface area contributed by atoms with Gasteiger partial charge >= 0.3 is 0 Å². The third-order valence-corrected chi connectivity index (χ3v) is 2.32. The fourth-order valence-electron chi connectivity index (χ4n) is 1.44. The van der Waals surface area contributed by atoms with E-state index in [0.717, 1.165) is 11.6 Å². The van der Waals surface area contributed by atoms with Crippen LogP contribution in [-0.2, 0) is 6.54 Å². The summed E-state index contributed by atoms with van der Waals surface area (Å²) in [7, 11) is 0. The Kier molecular flexibility index (Phi) is 3.18. The maximum absolute atomic E-state index is 13.4. The first-order chi connectivity index (χ1) is 8.18. The second kappa shape index (κ2) is 4.78. The Morgan fingerprint density at radius 1 is 1.24 bits per heavy atom. The molecule has 17 heavy (non-hydrogen) atoms. The van der Waals surface area contributed by atoms with E-state index in [1.54, 1.807) is 18.5 Å². The van der Waals surface area contributed by atoms with Gasteiger partial charge in [0.1, 0.15) is 0 Å². The topological polar surface area (TPSA) is 50.9 Å². The number of hydrogen-bond donors (Lipinski definition) is 2. The lowest BCUT2D eigenvalue weighted by Gasteiger charge is -2.10. The van der Waals surface area contributed by atoms with Gasteiger partial charge in [-0.15, -0.1) is 0 Å². The van der Waals surface area contributed by atoms with Crippen molar-refractivity contribution in [3.63, 3.8) is 0 Å². The summed E-state index contributed by atoms with van der Waals surface area (Å²) in [5.74, 6) is -1.89. The molecule has 0 spiro atoms. The summed E-state index contributed by atoms with van der Waals surface area (Å²) in [6.07, 6.45) is 3.28. The van der Waals surface area contributed by atoms with E-state index in [1.165, 1.54) is 6.07 Å². The van der Waals surface area contributed by atoms with Crippen LogP contribution in [0.4, 0.5) is 20.2 Å². The molecule has 0 amide bonds. The lowest BCUT2D eigenvalue weighted by molar-refractivity contribution is 0.511. The van der Waals surface area contributed by atoms with E-state index in [0.29, 0.717) is 6.54 Å². The lowest BCUT2D eigenvalue weighted by atomic mass is 10.2. The maximum Gasteiger partial charge on any atom is 0.183 e. The van der Waals surface area contributed by atoms with Crippen molar-refractivity contribution in [3.8, 4) is 0 Å². The van der Waals surface area contributed by atoms with Gasteiger partial charge in [-0.25, -0.2) is 8.78 Å². The molecule has 1 aromatic heterocycles. The standard InChI is InChI=1S/C12H11F2N3/c13-9-3-4-10(15)12(11(9)14)17-7-8-2-1-5-16-6-8/h1-6,17H,7,15H2. The Hall–Kier alpha value is -2.17. The molecule has 0 radical (unpaired) electrons. The van der Waals surface area contributed by atoms with Crippen molar-refractivity contribution >= 4 is 11.4 Å². The molecule has 0 atom stereocenters. The summed E-state index contributed by atoms with van der Waals surface area (Å²) in [5, 5.41) is 2.76. The first-order valence-corrected chi connectivity index (χ1v) is 5.04. The van der Waals surface area contributed by atoms with Crippen LogP contribution in [0, 0.1) is 11.6 Å². The van der Waals surface area contributed by atoms with Crippen LogP contribution in [0.5, 0.6) is 0 Å². The van der Waals surface area contributed by atoms with Crippen molar-refractivity contribution < 1.29 is 8.78 Å². The molecule has 5 heteroatoms. The maximum atomic E-state index is 13.4. The number of nitrogens with one attached hydrogen (secondary N) is 1. The Bertz CT molecular complexity index is 515. The Labute approximate surface area is 97.3 Å². The summed E-state index contributed by atoms with van der Waals surface area (Å²) in [4.78, 5) is 3.92. The zero-order chi connectivity index (χ0) is 12.3. The van der Waals surface area contributed by atoms with Crippen molar-refractivity contribution in [2.45, 2.75) is 6.54 Å². The molecule has 2 aromatic rings. The van der Waals surface area contributed by atoms with E-state index >= 15 is 0 Å². The number of anilines is 2. The van der Waals surface area contributed by atoms with Crippen LogP contribution in [0.1, 0.15) is 5.56 Å². The van der Waals surface area contributed by atoms with E-state index in [-0.39, 0.29) is 11.4 Å². The van der Waals surface area contributed by atoms with Crippen LogP contribution in [-0.4, -0.2) is 4.98 Å². The van der Waals surface area contributed by atoms with Gasteiger partial charge in [0.15, 0.2) is 11.6 Å². The number of rotatable bonds is 3. The summed E-state index contributed by atoms with van der Waals surface area (Å²) < 4.78 is 26.4. The highest BCUT2D eigenvalue weighted by atomic mass is 19.2. The van der Waals surface area contributed by atoms with Crippen LogP contribution in [0.25, 0.3) is 0 Å². The predicted molar refractivity (Wildman–Crippen MR) is 62.3 cm³/mol. The van der Waals surface area contributed by atoms with Crippen molar-refractivity contribution in [2.24, 2.45) is 0 Å². The number of benzene rings is 1. The number of halogens is 2. The second-order valence-corrected chi connectivity index (χ2v) is 3.54. The molecule has 3 nitrogen and oxygen atoms in total. The fourth-order valence-corrected chi connectivity index (χ4v) is 1.44. The monoisotopic (exact) mass is 235 g/mol. The van der Waals surface area contributed by atoms with Crippen molar-refractivity contribution in [3.05, 3.63) is 53.9 Å². The van der Waals surface area contributed by atoms with Crippen LogP contribution in [0.15, 0.2) is 36.7 Å². The minimum absolute atomic E-state index is 0.0196. The van der Waals surface area contributed by atoms with Crippen molar-refractivity contribution in [2.75, 3.05) is 11.1 Å². The molecule has 2 rings (SSSR count). The van der Waals surface area contributed by atoms with Crippen molar-refractivity contribution in [1.82, 2.24) is 4.98 Å². The predicted octanol–water partition coefficient (Wildman–Crippen LogP) is 2.55. The molecule has 0 aliphatic carbocycles. The highest BCUT2D eigenvalue weighted by Gasteiger charge is 2.11. The molecule has 0 unspecified atom stereocenters. The van der Waals surface area contributed by atoms with Gasteiger partial charge in [-0.05, 0) is 23.8 Å². The number of nitrogen functional groups attached to an aromatic ring is 1. The zero-order valence-corrected chi connectivity index (χ0v) is 8.95. The zero-order valence-electron chi connectivity index (χ0n) is 8.95. The van der Waals surface area contributed by atoms with Crippen LogP contribution < -0.4 is 11.1 Å². The lowest BCUT2D eigenvalue weighted by Crippen LogP contribution is -2.06. The molecular weight excluding hydrogens is 224 g/mol. The summed E-state index contributed by atoms with van der Waals surface area (Å²) >= 11 is 0. The Balaban J connectivity index is 2.17. The van der Waals surface area contributed by atoms with Gasteiger partial charge in [0, 0.05) is 18.9 Å². The van der Waals surface area contributed by atoms with Gasteiger partial charge in [-0.2, -0.15) is 0 Å². The average Bonchev–Trinajstić information content (AvgIpc) is 2.35. The normalized spacial score (nSPS) is 10.2. The van der Waals surface area contributed by atoms with E-state index in [1.807, 2.05) is 6.07 Å². The van der Waals surface area contributed by atoms with Crippen LogP contribution in [0.3, 0.4) is 0 Å². The first kappa shape index (κ1) is 11.3. The van der Waals surface area contributed by atoms with Gasteiger partial charge in [-0.3, -0.25) is 4.98 Å². The van der Waals surface area contributed by atoms with E-state index in [2.05, 4.69) is 10.3 Å². The number of nitrogens with zero attached hydrogens (tertiary/aromatic N) is 1. The van der Waals surface area contributed by atoms with Gasteiger partial charge < -0.3 is 11.1 Å². The van der Waals surface area contributed by atoms with E-state index < -0.39 is 11.6 Å². The SMILES string of the molecule is Nc1ccc(F)c(F)c1NCc1cccnc1. The van der Waals surface area contributed by atoms with Gasteiger partial charge in [-0.1, -0.05) is 6.07 Å². The molecule has 3 N–H and O–H groups in total. The molecule has 88 valence electrons. The van der Waals surface area contributed by atoms with E-state index in [4.69, 9.17) is 5.73 Å². The molecule has 1 aromatic carbocycles. The number of pyridine rings is 1. The van der Waals surface area contributed by atoms with Gasteiger partial charge in [0.05, 0.1) is 11.4 Å². The minimum Gasteiger partial charge on any atom is -0.397 e. The number of nitrogens with two attached hydrogens (primary N) is 1. The fraction of sp³-hybridized carbons (Fsp3) is 0.0833. The van der Waals surface area contributed by atoms with E-state index in [9.17, 15) is 8.78 Å². The summed E-state index contributed by atoms with van der Waals surface area (Å²) in [6.45, 7) is 0.332. The summed E-state index contributed by atoms with van der Waals surface area (Å²) in [6, 6.07) is 5.92. The average molecular weight is 235 g/mol. The molecule has 0 fully saturated rings. The molecular formula is C12H11F2N3.